The maximum absolute atomic E-state index is 7.35. The van der Waals surface area contributed by atoms with Crippen LogP contribution in [-0.4, -0.2) is 36.1 Å². The average molecular weight is 508 g/mol. The second kappa shape index (κ2) is 8.98. The summed E-state index contributed by atoms with van der Waals surface area (Å²) < 4.78 is 0. The van der Waals surface area contributed by atoms with Crippen LogP contribution in [0.1, 0.15) is 11.1 Å². The number of nitrogens with one attached hydrogen (secondary N) is 1. The molecule has 113 valence electrons. The summed E-state index contributed by atoms with van der Waals surface area (Å²) in [5.41, 5.74) is 9.76. The molecule has 22 heavy (non-hydrogen) atoms. The molecule has 0 unspecified atom stereocenters. The van der Waals surface area contributed by atoms with E-state index in [0.717, 1.165) is 44.1 Å². The van der Waals surface area contributed by atoms with Crippen LogP contribution in [0.15, 0.2) is 48.7 Å². The Morgan fingerprint density at radius 2 is 1.59 bits per heavy atom. The molecule has 0 aliphatic carbocycles. The largest absolute Gasteiger partial charge is 0.674 e. The smallest absolute Gasteiger partial charge is 0.128 e. The van der Waals surface area contributed by atoms with Gasteiger partial charge >= 0.3 is 0 Å². The summed E-state index contributed by atoms with van der Waals surface area (Å²) in [6.07, 6.45) is 1.86. The van der Waals surface area contributed by atoms with E-state index in [9.17, 15) is 0 Å². The molecule has 3 rings (SSSR count). The number of aromatic nitrogens is 1. The van der Waals surface area contributed by atoms with E-state index < -0.39 is 0 Å². The summed E-state index contributed by atoms with van der Waals surface area (Å²) in [7, 11) is 0. The Balaban J connectivity index is 0.00000176. The van der Waals surface area contributed by atoms with Gasteiger partial charge < -0.3 is 10.6 Å². The third-order valence-corrected chi connectivity index (χ3v) is 3.98. The molecule has 2 heterocycles. The Morgan fingerprint density at radius 1 is 0.909 bits per heavy atom. The number of rotatable bonds is 4. The van der Waals surface area contributed by atoms with Gasteiger partial charge in [0.15, 0.2) is 0 Å². The van der Waals surface area contributed by atoms with Gasteiger partial charge in [0.1, 0.15) is 5.82 Å². The molecule has 1 fully saturated rings. The first kappa shape index (κ1) is 17.9. The molecule has 1 radical (unpaired) electrons. The van der Waals surface area contributed by atoms with Crippen molar-refractivity contribution in [2.45, 2.75) is 13.1 Å². The first-order valence-electron chi connectivity index (χ1n) is 7.46. The van der Waals surface area contributed by atoms with E-state index in [1.807, 2.05) is 18.3 Å². The van der Waals surface area contributed by atoms with E-state index in [-0.39, 0.29) is 44.1 Å². The fourth-order valence-corrected chi connectivity index (χ4v) is 2.70. The molecule has 1 saturated heterocycles. The van der Waals surface area contributed by atoms with Crippen LogP contribution in [0, 0.1) is 44.1 Å². The van der Waals surface area contributed by atoms with E-state index in [1.165, 1.54) is 5.56 Å². The van der Waals surface area contributed by atoms with Crippen molar-refractivity contribution in [1.82, 2.24) is 9.88 Å². The van der Waals surface area contributed by atoms with E-state index >= 15 is 0 Å². The molecular weight excluding hydrogens is 487 g/mol. The topological polar surface area (TPSA) is 43.2 Å². The molecule has 0 atom stereocenters. The molecule has 1 aromatic heterocycles. The van der Waals surface area contributed by atoms with Gasteiger partial charge in [-0.2, -0.15) is 0 Å². The molecular formula is C17H21AcN4-. The zero-order valence-corrected chi connectivity index (χ0v) is 17.5. The minimum absolute atomic E-state index is 0. The maximum atomic E-state index is 7.35. The van der Waals surface area contributed by atoms with Crippen LogP contribution in [0.4, 0.5) is 5.82 Å². The number of pyridine rings is 1. The standard InChI is InChI=1S/C17H21N4.Ac/c18-13-15-4-6-16(7-5-15)14-20-9-11-21(12-10-20)17-3-1-2-8-19-17;/h1-8,18H,9-14H2;/q-1;. The number of hydrogen-bond acceptors (Lipinski definition) is 3. The Morgan fingerprint density at radius 3 is 2.18 bits per heavy atom. The van der Waals surface area contributed by atoms with Crippen molar-refractivity contribution in [3.05, 3.63) is 65.5 Å². The van der Waals surface area contributed by atoms with Crippen LogP contribution in [0.5, 0.6) is 0 Å². The maximum Gasteiger partial charge on any atom is 0.128 e. The Hall–Kier alpha value is -0.468. The zero-order valence-electron chi connectivity index (χ0n) is 12.8. The van der Waals surface area contributed by atoms with Crippen molar-refractivity contribution in [2.24, 2.45) is 0 Å². The SMILES string of the molecule is [Ac].[NH-]Cc1ccc(CN2CCN(c3ccccn3)CC2)cc1. The number of benzene rings is 1. The summed E-state index contributed by atoms with van der Waals surface area (Å²) in [5, 5.41) is 0. The molecule has 5 heteroatoms. The molecule has 0 amide bonds. The third kappa shape index (κ3) is 4.76. The summed E-state index contributed by atoms with van der Waals surface area (Å²) in [4.78, 5) is 9.25. The second-order valence-electron chi connectivity index (χ2n) is 5.44. The quantitative estimate of drug-likeness (QED) is 0.638. The molecule has 4 nitrogen and oxygen atoms in total. The van der Waals surface area contributed by atoms with Crippen molar-refractivity contribution < 1.29 is 44.1 Å². The van der Waals surface area contributed by atoms with Crippen molar-refractivity contribution in [1.29, 1.82) is 0 Å². The van der Waals surface area contributed by atoms with Gasteiger partial charge in [0.25, 0.3) is 0 Å². The van der Waals surface area contributed by atoms with E-state index in [2.05, 4.69) is 45.1 Å². The van der Waals surface area contributed by atoms with Crippen LogP contribution in [-0.2, 0) is 13.1 Å². The van der Waals surface area contributed by atoms with Crippen molar-refractivity contribution in [3.63, 3.8) is 0 Å². The van der Waals surface area contributed by atoms with Crippen molar-refractivity contribution in [3.8, 4) is 0 Å². The molecule has 2 aromatic rings. The van der Waals surface area contributed by atoms with Crippen LogP contribution in [0.25, 0.3) is 5.73 Å². The summed E-state index contributed by atoms with van der Waals surface area (Å²) in [6, 6.07) is 14.5. The Bertz CT molecular complexity index is 551. The number of nitrogens with zero attached hydrogens (tertiary/aromatic N) is 3. The van der Waals surface area contributed by atoms with Crippen LogP contribution in [0.2, 0.25) is 0 Å². The summed E-state index contributed by atoms with van der Waals surface area (Å²) >= 11 is 0. The average Bonchev–Trinajstić information content (AvgIpc) is 2.57. The minimum atomic E-state index is 0. The first-order chi connectivity index (χ1) is 10.3. The van der Waals surface area contributed by atoms with Gasteiger partial charge in [0.2, 0.25) is 0 Å². The van der Waals surface area contributed by atoms with E-state index in [0.29, 0.717) is 6.54 Å². The van der Waals surface area contributed by atoms with Crippen molar-refractivity contribution >= 4 is 5.82 Å². The van der Waals surface area contributed by atoms with Gasteiger partial charge in [0, 0.05) is 83.0 Å². The van der Waals surface area contributed by atoms with E-state index in [1.54, 1.807) is 0 Å². The van der Waals surface area contributed by atoms with Crippen molar-refractivity contribution in [2.75, 3.05) is 31.1 Å². The fraction of sp³-hybridized carbons (Fsp3) is 0.353. The summed E-state index contributed by atoms with van der Waals surface area (Å²) in [6.45, 7) is 5.55. The molecule has 1 aromatic carbocycles. The van der Waals surface area contributed by atoms with Crippen LogP contribution >= 0.6 is 0 Å². The molecule has 1 aliphatic rings. The van der Waals surface area contributed by atoms with Gasteiger partial charge in [-0.25, -0.2) is 4.98 Å². The molecule has 0 bridgehead atoms. The van der Waals surface area contributed by atoms with Crippen LogP contribution in [0.3, 0.4) is 0 Å². The number of hydrogen-bond donors (Lipinski definition) is 0. The van der Waals surface area contributed by atoms with Gasteiger partial charge in [-0.15, -0.1) is 6.54 Å². The fourth-order valence-electron chi connectivity index (χ4n) is 2.70. The first-order valence-corrected chi connectivity index (χ1v) is 7.46. The Kier molecular flexibility index (Phi) is 7.30. The monoisotopic (exact) mass is 508 g/mol. The van der Waals surface area contributed by atoms with Gasteiger partial charge in [-0.3, -0.25) is 4.90 Å². The predicted molar refractivity (Wildman–Crippen MR) is 86.2 cm³/mol. The summed E-state index contributed by atoms with van der Waals surface area (Å²) in [5.74, 6) is 1.08. The third-order valence-electron chi connectivity index (χ3n) is 3.98. The second-order valence-corrected chi connectivity index (χ2v) is 5.44. The van der Waals surface area contributed by atoms with Crippen LogP contribution < -0.4 is 4.90 Å². The predicted octanol–water partition coefficient (Wildman–Crippen LogP) is 2.96. The van der Waals surface area contributed by atoms with Gasteiger partial charge in [-0.1, -0.05) is 35.9 Å². The molecule has 0 spiro atoms. The molecule has 0 saturated carbocycles. The zero-order chi connectivity index (χ0) is 14.5. The molecule has 1 aliphatic heterocycles. The van der Waals surface area contributed by atoms with Gasteiger partial charge in [-0.05, 0) is 17.7 Å². The Labute approximate surface area is 168 Å². The minimum Gasteiger partial charge on any atom is -0.674 e. The number of piperazine rings is 1. The normalized spacial score (nSPS) is 15.4. The van der Waals surface area contributed by atoms with Gasteiger partial charge in [0.05, 0.1) is 0 Å². The number of anilines is 1. The molecule has 1 N–H and O–H groups in total. The van der Waals surface area contributed by atoms with E-state index in [4.69, 9.17) is 5.73 Å².